The maximum Gasteiger partial charge on any atom is 0.242 e. The highest BCUT2D eigenvalue weighted by atomic mass is 35.5. The van der Waals surface area contributed by atoms with Crippen molar-refractivity contribution in [1.82, 2.24) is 20.3 Å². The summed E-state index contributed by atoms with van der Waals surface area (Å²) < 4.78 is 10.8. The van der Waals surface area contributed by atoms with E-state index in [4.69, 9.17) is 21.1 Å². The topological polar surface area (TPSA) is 98.3 Å². The molecule has 1 aliphatic rings. The van der Waals surface area contributed by atoms with E-state index in [1.807, 2.05) is 50.2 Å². The Morgan fingerprint density at radius 1 is 1.15 bits per heavy atom. The van der Waals surface area contributed by atoms with Crippen LogP contribution >= 0.6 is 11.6 Å². The van der Waals surface area contributed by atoms with Crippen LogP contribution in [0.25, 0.3) is 11.5 Å². The Bertz CT molecular complexity index is 1140. The molecule has 2 aromatic heterocycles. The SMILES string of the molecule is Cc1nc(-c2ccccn2)nc(NC(C(=O)NCCc2ccc3c(c2)OCO3)C(C)C)c1Cl. The minimum absolute atomic E-state index is 0.000168. The average Bonchev–Trinajstić information content (AvgIpc) is 3.28. The van der Waals surface area contributed by atoms with Crippen molar-refractivity contribution in [2.45, 2.75) is 33.2 Å². The van der Waals surface area contributed by atoms with Gasteiger partial charge in [-0.25, -0.2) is 9.97 Å². The summed E-state index contributed by atoms with van der Waals surface area (Å²) in [6, 6.07) is 10.8. The number of rotatable bonds is 8. The van der Waals surface area contributed by atoms with Gasteiger partial charge in [-0.15, -0.1) is 0 Å². The van der Waals surface area contributed by atoms with Gasteiger partial charge in [-0.2, -0.15) is 0 Å². The van der Waals surface area contributed by atoms with Gasteiger partial charge in [0, 0.05) is 12.7 Å². The first-order chi connectivity index (χ1) is 15.9. The first-order valence-corrected chi connectivity index (χ1v) is 11.2. The number of nitrogens with zero attached hydrogens (tertiary/aromatic N) is 3. The highest BCUT2D eigenvalue weighted by molar-refractivity contribution is 6.33. The number of ether oxygens (including phenoxy) is 2. The number of halogens is 1. The lowest BCUT2D eigenvalue weighted by atomic mass is 10.0. The van der Waals surface area contributed by atoms with Crippen LogP contribution in [-0.2, 0) is 11.2 Å². The summed E-state index contributed by atoms with van der Waals surface area (Å²) in [4.78, 5) is 26.3. The summed E-state index contributed by atoms with van der Waals surface area (Å²) in [5.41, 5.74) is 2.30. The number of anilines is 1. The molecule has 0 spiro atoms. The van der Waals surface area contributed by atoms with Crippen LogP contribution in [0.15, 0.2) is 42.6 Å². The Balaban J connectivity index is 1.44. The van der Waals surface area contributed by atoms with Crippen molar-refractivity contribution in [3.8, 4) is 23.0 Å². The number of fused-ring (bicyclic) bond motifs is 1. The van der Waals surface area contributed by atoms with Crippen LogP contribution in [0.5, 0.6) is 11.5 Å². The molecule has 0 saturated heterocycles. The second kappa shape index (κ2) is 10.0. The van der Waals surface area contributed by atoms with Gasteiger partial charge in [-0.3, -0.25) is 9.78 Å². The normalized spacial score (nSPS) is 13.1. The molecule has 172 valence electrons. The molecule has 9 heteroatoms. The molecule has 1 aliphatic heterocycles. The second-order valence-corrected chi connectivity index (χ2v) is 8.48. The number of amides is 1. The number of hydrogen-bond acceptors (Lipinski definition) is 7. The maximum absolute atomic E-state index is 13.0. The zero-order valence-electron chi connectivity index (χ0n) is 18.8. The van der Waals surface area contributed by atoms with Gasteiger partial charge in [0.05, 0.1) is 5.69 Å². The predicted molar refractivity (Wildman–Crippen MR) is 127 cm³/mol. The molecule has 0 fully saturated rings. The van der Waals surface area contributed by atoms with Gasteiger partial charge in [0.1, 0.15) is 22.6 Å². The molecule has 3 heterocycles. The number of carbonyl (C=O) groups excluding carboxylic acids is 1. The number of carbonyl (C=O) groups is 1. The van der Waals surface area contributed by atoms with Gasteiger partial charge in [0.25, 0.3) is 0 Å². The van der Waals surface area contributed by atoms with Crippen LogP contribution in [0, 0.1) is 12.8 Å². The van der Waals surface area contributed by atoms with Gasteiger partial charge < -0.3 is 20.1 Å². The zero-order chi connectivity index (χ0) is 23.4. The number of pyridine rings is 1. The highest BCUT2D eigenvalue weighted by Gasteiger charge is 2.24. The van der Waals surface area contributed by atoms with E-state index in [2.05, 4.69) is 25.6 Å². The fourth-order valence-electron chi connectivity index (χ4n) is 3.48. The fourth-order valence-corrected chi connectivity index (χ4v) is 3.62. The van der Waals surface area contributed by atoms with Gasteiger partial charge in [-0.05, 0) is 49.1 Å². The number of hydrogen-bond donors (Lipinski definition) is 2. The Morgan fingerprint density at radius 2 is 1.97 bits per heavy atom. The van der Waals surface area contributed by atoms with Crippen molar-refractivity contribution in [1.29, 1.82) is 0 Å². The van der Waals surface area contributed by atoms with Crippen LogP contribution < -0.4 is 20.1 Å². The summed E-state index contributed by atoms with van der Waals surface area (Å²) in [5, 5.41) is 6.61. The van der Waals surface area contributed by atoms with E-state index in [1.165, 1.54) is 0 Å². The molecule has 33 heavy (non-hydrogen) atoms. The van der Waals surface area contributed by atoms with Crippen molar-refractivity contribution in [3.05, 3.63) is 58.9 Å². The van der Waals surface area contributed by atoms with E-state index in [0.29, 0.717) is 41.0 Å². The number of nitrogens with one attached hydrogen (secondary N) is 2. The summed E-state index contributed by atoms with van der Waals surface area (Å²) in [5.74, 6) is 2.21. The van der Waals surface area contributed by atoms with Crippen molar-refractivity contribution in [2.24, 2.45) is 5.92 Å². The molecule has 3 aromatic rings. The molecule has 1 amide bonds. The molecular weight excluding hydrogens is 442 g/mol. The monoisotopic (exact) mass is 467 g/mol. The van der Waals surface area contributed by atoms with Gasteiger partial charge in [0.15, 0.2) is 17.3 Å². The first kappa shape index (κ1) is 22.8. The second-order valence-electron chi connectivity index (χ2n) is 8.10. The Labute approximate surface area is 197 Å². The van der Waals surface area contributed by atoms with Crippen LogP contribution in [0.3, 0.4) is 0 Å². The minimum atomic E-state index is -0.523. The molecule has 2 N–H and O–H groups in total. The van der Waals surface area contributed by atoms with E-state index in [9.17, 15) is 4.79 Å². The van der Waals surface area contributed by atoms with Gasteiger partial charge in [-0.1, -0.05) is 37.6 Å². The lowest BCUT2D eigenvalue weighted by Crippen LogP contribution is -2.44. The molecule has 4 rings (SSSR count). The molecule has 0 aliphatic carbocycles. The summed E-state index contributed by atoms with van der Waals surface area (Å²) in [6.45, 7) is 6.47. The molecule has 1 atom stereocenters. The zero-order valence-corrected chi connectivity index (χ0v) is 19.5. The molecule has 0 bridgehead atoms. The molecule has 1 unspecified atom stereocenters. The van der Waals surface area contributed by atoms with Crippen molar-refractivity contribution in [2.75, 3.05) is 18.7 Å². The smallest absolute Gasteiger partial charge is 0.242 e. The van der Waals surface area contributed by atoms with E-state index in [1.54, 1.807) is 13.1 Å². The van der Waals surface area contributed by atoms with Crippen molar-refractivity contribution >= 4 is 23.3 Å². The molecule has 1 aromatic carbocycles. The molecule has 0 saturated carbocycles. The lowest BCUT2D eigenvalue weighted by molar-refractivity contribution is -0.122. The average molecular weight is 468 g/mol. The summed E-state index contributed by atoms with van der Waals surface area (Å²) >= 11 is 6.48. The third-order valence-electron chi connectivity index (χ3n) is 5.30. The van der Waals surface area contributed by atoms with Crippen LogP contribution in [0.1, 0.15) is 25.1 Å². The third kappa shape index (κ3) is 5.34. The minimum Gasteiger partial charge on any atom is -0.454 e. The van der Waals surface area contributed by atoms with Gasteiger partial charge in [0.2, 0.25) is 12.7 Å². The Kier molecular flexibility index (Phi) is 6.93. The van der Waals surface area contributed by atoms with Crippen LogP contribution in [0.2, 0.25) is 5.02 Å². The quantitative estimate of drug-likeness (QED) is 0.516. The Morgan fingerprint density at radius 3 is 2.73 bits per heavy atom. The van der Waals surface area contributed by atoms with Crippen molar-refractivity contribution in [3.63, 3.8) is 0 Å². The van der Waals surface area contributed by atoms with Crippen LogP contribution in [0.4, 0.5) is 5.82 Å². The molecule has 8 nitrogen and oxygen atoms in total. The van der Waals surface area contributed by atoms with Crippen LogP contribution in [-0.4, -0.2) is 40.2 Å². The van der Waals surface area contributed by atoms with E-state index >= 15 is 0 Å². The number of aryl methyl sites for hydroxylation is 1. The summed E-state index contributed by atoms with van der Waals surface area (Å²) in [7, 11) is 0. The van der Waals surface area contributed by atoms with E-state index in [-0.39, 0.29) is 18.6 Å². The standard InChI is InChI=1S/C24H26ClN5O3/c1-14(2)21(24(31)27-11-9-16-7-8-18-19(12-16)33-13-32-18)29-23-20(25)15(3)28-22(30-23)17-6-4-5-10-26-17/h4-8,10,12,14,21H,9,11,13H2,1-3H3,(H,27,31)(H,28,29,30). The largest absolute Gasteiger partial charge is 0.454 e. The maximum atomic E-state index is 13.0. The predicted octanol–water partition coefficient (Wildman–Crippen LogP) is 4.02. The number of aromatic nitrogens is 3. The fraction of sp³-hybridized carbons (Fsp3) is 0.333. The third-order valence-corrected chi connectivity index (χ3v) is 5.75. The van der Waals surface area contributed by atoms with E-state index in [0.717, 1.165) is 17.1 Å². The highest BCUT2D eigenvalue weighted by Crippen LogP contribution is 2.32. The molecular formula is C24H26ClN5O3. The number of benzene rings is 1. The first-order valence-electron chi connectivity index (χ1n) is 10.8. The van der Waals surface area contributed by atoms with Gasteiger partial charge >= 0.3 is 0 Å². The van der Waals surface area contributed by atoms with E-state index < -0.39 is 6.04 Å². The summed E-state index contributed by atoms with van der Waals surface area (Å²) in [6.07, 6.45) is 2.35. The Hall–Kier alpha value is -3.39. The van der Waals surface area contributed by atoms with Crippen molar-refractivity contribution < 1.29 is 14.3 Å². The molecule has 0 radical (unpaired) electrons. The lowest BCUT2D eigenvalue weighted by Gasteiger charge is -2.23.